The largest absolute Gasteiger partial charge is 0.347 e. The highest BCUT2D eigenvalue weighted by Crippen LogP contribution is 2.10. The molecule has 14 heavy (non-hydrogen) atoms. The maximum Gasteiger partial charge on any atom is 0.132 e. The van der Waals surface area contributed by atoms with E-state index in [0.717, 1.165) is 28.9 Å². The van der Waals surface area contributed by atoms with Gasteiger partial charge in [-0.1, -0.05) is 32.5 Å². The van der Waals surface area contributed by atoms with E-state index >= 15 is 0 Å². The monoisotopic (exact) mass is 210 g/mol. The zero-order valence-corrected chi connectivity index (χ0v) is 10.0. The lowest BCUT2D eigenvalue weighted by Crippen LogP contribution is -2.02. The Kier molecular flexibility index (Phi) is 4.26. The molecule has 1 heterocycles. The van der Waals surface area contributed by atoms with Gasteiger partial charge >= 0.3 is 0 Å². The summed E-state index contributed by atoms with van der Waals surface area (Å²) in [5.74, 6) is 1.01. The Morgan fingerprint density at radius 1 is 1.36 bits per heavy atom. The summed E-state index contributed by atoms with van der Waals surface area (Å²) in [5.41, 5.74) is 2.41. The highest BCUT2D eigenvalue weighted by molar-refractivity contribution is 7.71. The summed E-state index contributed by atoms with van der Waals surface area (Å²) in [6.07, 6.45) is 4.42. The number of rotatable bonds is 4. The van der Waals surface area contributed by atoms with E-state index in [0.29, 0.717) is 0 Å². The molecule has 1 N–H and O–H groups in total. The molecule has 0 spiro atoms. The highest BCUT2D eigenvalue weighted by Gasteiger charge is 2.02. The van der Waals surface area contributed by atoms with Crippen molar-refractivity contribution in [2.45, 2.75) is 46.5 Å². The van der Waals surface area contributed by atoms with Gasteiger partial charge in [-0.25, -0.2) is 4.98 Å². The molecule has 0 aromatic carbocycles. The predicted molar refractivity (Wildman–Crippen MR) is 62.1 cm³/mol. The second-order valence-corrected chi connectivity index (χ2v) is 3.94. The maximum atomic E-state index is 5.21. The number of hydrogen-bond donors (Lipinski definition) is 1. The first-order chi connectivity index (χ1) is 6.69. The minimum atomic E-state index is 0.756. The Bertz CT molecular complexity index is 355. The SMILES string of the molecule is CCCCc1[nH]c(CC)nc(=S)c1C. The van der Waals surface area contributed by atoms with Gasteiger partial charge in [0.2, 0.25) is 0 Å². The van der Waals surface area contributed by atoms with Gasteiger partial charge in [-0.2, -0.15) is 0 Å². The number of H-pyrrole nitrogens is 1. The van der Waals surface area contributed by atoms with Gasteiger partial charge in [0.15, 0.2) is 0 Å². The first kappa shape index (κ1) is 11.4. The number of unbranched alkanes of at least 4 members (excludes halogenated alkanes) is 1. The molecule has 1 aromatic heterocycles. The Balaban J connectivity index is 3.01. The second-order valence-electron chi connectivity index (χ2n) is 3.55. The van der Waals surface area contributed by atoms with Crippen molar-refractivity contribution in [1.29, 1.82) is 0 Å². The molecule has 0 bridgehead atoms. The van der Waals surface area contributed by atoms with E-state index in [2.05, 4.69) is 30.7 Å². The van der Waals surface area contributed by atoms with E-state index in [1.165, 1.54) is 18.5 Å². The normalized spacial score (nSPS) is 10.5. The minimum absolute atomic E-state index is 0.756. The van der Waals surface area contributed by atoms with Crippen molar-refractivity contribution in [2.24, 2.45) is 0 Å². The van der Waals surface area contributed by atoms with Gasteiger partial charge in [-0.3, -0.25) is 0 Å². The van der Waals surface area contributed by atoms with Crippen LogP contribution in [0.25, 0.3) is 0 Å². The third kappa shape index (κ3) is 2.64. The second kappa shape index (κ2) is 5.25. The van der Waals surface area contributed by atoms with Crippen molar-refractivity contribution in [1.82, 2.24) is 9.97 Å². The summed E-state index contributed by atoms with van der Waals surface area (Å²) in [5, 5.41) is 0. The molecule has 0 aliphatic rings. The molecule has 1 aromatic rings. The number of hydrogen-bond acceptors (Lipinski definition) is 2. The van der Waals surface area contributed by atoms with Crippen LogP contribution in [0.15, 0.2) is 0 Å². The molecule has 0 saturated heterocycles. The zero-order valence-electron chi connectivity index (χ0n) is 9.18. The average molecular weight is 210 g/mol. The third-order valence-electron chi connectivity index (χ3n) is 2.42. The molecule has 0 aliphatic heterocycles. The van der Waals surface area contributed by atoms with Gasteiger partial charge in [0.1, 0.15) is 10.5 Å². The van der Waals surface area contributed by atoms with Gasteiger partial charge in [0.05, 0.1) is 0 Å². The van der Waals surface area contributed by atoms with Crippen LogP contribution in [0, 0.1) is 11.6 Å². The molecule has 0 radical (unpaired) electrons. The Morgan fingerprint density at radius 3 is 2.64 bits per heavy atom. The van der Waals surface area contributed by atoms with Crippen molar-refractivity contribution >= 4 is 12.2 Å². The lowest BCUT2D eigenvalue weighted by molar-refractivity contribution is 0.753. The van der Waals surface area contributed by atoms with Gasteiger partial charge in [-0.15, -0.1) is 0 Å². The predicted octanol–water partition coefficient (Wildman–Crippen LogP) is 3.35. The smallest absolute Gasteiger partial charge is 0.132 e. The van der Waals surface area contributed by atoms with Crippen LogP contribution in [0.4, 0.5) is 0 Å². The average Bonchev–Trinajstić information content (AvgIpc) is 2.20. The lowest BCUT2D eigenvalue weighted by atomic mass is 10.1. The van der Waals surface area contributed by atoms with Crippen LogP contribution >= 0.6 is 12.2 Å². The molecule has 0 unspecified atom stereocenters. The molecular formula is C11H18N2S. The zero-order chi connectivity index (χ0) is 10.6. The fourth-order valence-electron chi connectivity index (χ4n) is 1.40. The maximum absolute atomic E-state index is 5.21. The lowest BCUT2D eigenvalue weighted by Gasteiger charge is -2.07. The van der Waals surface area contributed by atoms with E-state index in [1.54, 1.807) is 0 Å². The van der Waals surface area contributed by atoms with E-state index in [1.807, 2.05) is 0 Å². The van der Waals surface area contributed by atoms with Crippen LogP contribution in [0.3, 0.4) is 0 Å². The number of aromatic nitrogens is 2. The van der Waals surface area contributed by atoms with Crippen LogP contribution in [-0.2, 0) is 12.8 Å². The van der Waals surface area contributed by atoms with Crippen LogP contribution in [0.2, 0.25) is 0 Å². The van der Waals surface area contributed by atoms with E-state index in [9.17, 15) is 0 Å². The third-order valence-corrected chi connectivity index (χ3v) is 2.82. The Morgan fingerprint density at radius 2 is 2.07 bits per heavy atom. The van der Waals surface area contributed by atoms with E-state index in [4.69, 9.17) is 12.2 Å². The molecular weight excluding hydrogens is 192 g/mol. The summed E-state index contributed by atoms with van der Waals surface area (Å²) < 4.78 is 0.756. The molecule has 1 rings (SSSR count). The topological polar surface area (TPSA) is 28.7 Å². The van der Waals surface area contributed by atoms with Crippen LogP contribution in [0.5, 0.6) is 0 Å². The Hall–Kier alpha value is -0.700. The van der Waals surface area contributed by atoms with E-state index < -0.39 is 0 Å². The first-order valence-electron chi connectivity index (χ1n) is 5.27. The molecule has 0 atom stereocenters. The standard InChI is InChI=1S/C11H18N2S/c1-4-6-7-9-8(3)11(14)13-10(5-2)12-9/h4-7H2,1-3H3,(H,12,13,14). The number of nitrogens with one attached hydrogen (secondary N) is 1. The van der Waals surface area contributed by atoms with Crippen LogP contribution in [-0.4, -0.2) is 9.97 Å². The van der Waals surface area contributed by atoms with E-state index in [-0.39, 0.29) is 0 Å². The number of nitrogens with zero attached hydrogens (tertiary/aromatic N) is 1. The molecule has 0 fully saturated rings. The summed E-state index contributed by atoms with van der Waals surface area (Å²) in [7, 11) is 0. The van der Waals surface area contributed by atoms with Crippen molar-refractivity contribution in [3.63, 3.8) is 0 Å². The van der Waals surface area contributed by atoms with Crippen LogP contribution in [0.1, 0.15) is 43.8 Å². The Labute approximate surface area is 90.8 Å². The fourth-order valence-corrected chi connectivity index (χ4v) is 1.64. The highest BCUT2D eigenvalue weighted by atomic mass is 32.1. The fraction of sp³-hybridized carbons (Fsp3) is 0.636. The van der Waals surface area contributed by atoms with Gasteiger partial charge < -0.3 is 4.98 Å². The molecule has 0 aliphatic carbocycles. The molecule has 78 valence electrons. The molecule has 0 amide bonds. The number of aryl methyl sites for hydroxylation is 2. The van der Waals surface area contributed by atoms with Crippen LogP contribution < -0.4 is 0 Å². The summed E-state index contributed by atoms with van der Waals surface area (Å²) in [6, 6.07) is 0. The minimum Gasteiger partial charge on any atom is -0.347 e. The van der Waals surface area contributed by atoms with Gasteiger partial charge in [0.25, 0.3) is 0 Å². The van der Waals surface area contributed by atoms with Gasteiger partial charge in [-0.05, 0) is 19.8 Å². The first-order valence-corrected chi connectivity index (χ1v) is 5.68. The van der Waals surface area contributed by atoms with Crippen molar-refractivity contribution < 1.29 is 0 Å². The number of aromatic amines is 1. The summed E-state index contributed by atoms with van der Waals surface area (Å²) in [4.78, 5) is 7.68. The summed E-state index contributed by atoms with van der Waals surface area (Å²) >= 11 is 5.21. The quantitative estimate of drug-likeness (QED) is 0.772. The molecule has 2 nitrogen and oxygen atoms in total. The van der Waals surface area contributed by atoms with Gasteiger partial charge in [0, 0.05) is 17.7 Å². The van der Waals surface area contributed by atoms with Crippen molar-refractivity contribution in [3.05, 3.63) is 21.7 Å². The summed E-state index contributed by atoms with van der Waals surface area (Å²) in [6.45, 7) is 6.34. The van der Waals surface area contributed by atoms with Crippen molar-refractivity contribution in [3.8, 4) is 0 Å². The molecule has 0 saturated carbocycles. The molecule has 3 heteroatoms. The van der Waals surface area contributed by atoms with Crippen molar-refractivity contribution in [2.75, 3.05) is 0 Å².